The Labute approximate surface area is 497 Å². The van der Waals surface area contributed by atoms with Gasteiger partial charge in [0.25, 0.3) is 5.91 Å². The first-order chi connectivity index (χ1) is 41.5. The summed E-state index contributed by atoms with van der Waals surface area (Å²) >= 11 is 5.58. The molecule has 2 aromatic carbocycles. The highest BCUT2D eigenvalue weighted by Gasteiger charge is 2.59. The smallest absolute Gasteiger partial charge is 0.366 e. The largest absolute Gasteiger partial charge is 0.407 e. The zero-order valence-electron chi connectivity index (χ0n) is 43.1. The molecule has 0 atom stereocenters. The van der Waals surface area contributed by atoms with Crippen molar-refractivity contribution in [2.45, 2.75) is 31.0 Å². The number of primary amides is 1. The summed E-state index contributed by atoms with van der Waals surface area (Å²) in [5.41, 5.74) is 3.78. The van der Waals surface area contributed by atoms with Crippen molar-refractivity contribution >= 4 is 52.3 Å². The summed E-state index contributed by atoms with van der Waals surface area (Å²) in [7, 11) is 0. The van der Waals surface area contributed by atoms with Crippen LogP contribution in [0.2, 0.25) is 0 Å². The Morgan fingerprint density at radius 2 is 0.847 bits per heavy atom. The topological polar surface area (TPSA) is 94.8 Å². The van der Waals surface area contributed by atoms with E-state index in [9.17, 15) is 22.8 Å². The fourth-order valence-electron chi connectivity index (χ4n) is 5.61. The zero-order chi connectivity index (χ0) is 61.3. The Balaban J connectivity index is 0.000000487. The summed E-state index contributed by atoms with van der Waals surface area (Å²) in [5.74, 6) is 119. The minimum absolute atomic E-state index is 0.0282. The van der Waals surface area contributed by atoms with Gasteiger partial charge < -0.3 is 10.6 Å². The third-order valence-corrected chi connectivity index (χ3v) is 9.28. The van der Waals surface area contributed by atoms with E-state index in [0.717, 1.165) is 23.5 Å². The summed E-state index contributed by atoms with van der Waals surface area (Å²) in [6.45, 7) is 7.02. The first kappa shape index (κ1) is 64.1. The molecular weight excluding hydrogens is 1080 g/mol. The number of nitrogens with two attached hydrogens (primary N) is 1. The van der Waals surface area contributed by atoms with Crippen molar-refractivity contribution in [2.24, 2.45) is 5.73 Å². The number of nitrogens with zero attached hydrogens (tertiary/aromatic N) is 4. The van der Waals surface area contributed by atoms with E-state index in [1.165, 1.54) is 12.1 Å². The predicted octanol–water partition coefficient (Wildman–Crippen LogP) is 5.04. The Morgan fingerprint density at radius 3 is 1.11 bits per heavy atom. The molecule has 4 rings (SSSR count). The molecule has 2 aliphatic rings. The van der Waals surface area contributed by atoms with Gasteiger partial charge in [0.2, 0.25) is 5.91 Å². The number of rotatable bonds is 4. The van der Waals surface area contributed by atoms with Crippen LogP contribution in [0.25, 0.3) is 10.9 Å². The van der Waals surface area contributed by atoms with Crippen LogP contribution in [0.4, 0.5) is 30.2 Å². The molecule has 1 aliphatic heterocycles. The second kappa shape index (κ2) is 39.2. The number of benzene rings is 2. The van der Waals surface area contributed by atoms with Gasteiger partial charge in [0.1, 0.15) is 5.54 Å². The maximum Gasteiger partial charge on any atom is 0.407 e. The van der Waals surface area contributed by atoms with Gasteiger partial charge >= 0.3 is 6.18 Å². The van der Waals surface area contributed by atoms with Crippen molar-refractivity contribution < 1.29 is 22.8 Å². The lowest BCUT2D eigenvalue weighted by Gasteiger charge is -2.43. The van der Waals surface area contributed by atoms with Gasteiger partial charge in [0.05, 0.1) is 12.1 Å². The lowest BCUT2D eigenvalue weighted by Crippen LogP contribution is -2.55. The van der Waals surface area contributed by atoms with Crippen LogP contribution >= 0.6 is 12.2 Å². The molecule has 1 aliphatic carbocycles. The fraction of sp³-hybridized carbons (Fsp3) is 0.0676. The Bertz CT molecular complexity index is 4800. The van der Waals surface area contributed by atoms with Crippen molar-refractivity contribution in [3.63, 3.8) is 0 Å². The van der Waals surface area contributed by atoms with Crippen molar-refractivity contribution in [2.75, 3.05) is 9.80 Å². The van der Waals surface area contributed by atoms with Crippen LogP contribution in [0.5, 0.6) is 0 Å². The number of carbonyl (C=O) groups excluding carboxylic acids is 2. The monoisotopic (exact) mass is 1100 g/mol. The number of amides is 2. The highest BCUT2D eigenvalue weighted by molar-refractivity contribution is 7.81. The Hall–Kier alpha value is -15.2. The highest BCUT2D eigenvalue weighted by Crippen LogP contribution is 2.49. The maximum atomic E-state index is 13.5. The molecule has 2 fully saturated rings. The number of thiocarbonyl (C=S) groups is 1. The first-order valence-electron chi connectivity index (χ1n) is 22.7. The molecular formula is C74H18F3N5O2S. The first-order valence-corrected chi connectivity index (χ1v) is 23.1. The molecule has 0 aromatic heterocycles. The second-order valence-electron chi connectivity index (χ2n) is 14.0. The molecule has 0 unspecified atom stereocenters. The van der Waals surface area contributed by atoms with E-state index in [4.69, 9.17) is 36.2 Å². The molecule has 7 nitrogen and oxygen atoms in total. The summed E-state index contributed by atoms with van der Waals surface area (Å²) in [6.07, 6.45) is 4.76. The molecule has 2 N–H and O–H groups in total. The van der Waals surface area contributed by atoms with Crippen LogP contribution in [0.1, 0.15) is 30.4 Å². The number of alkyl halides is 3. The molecule has 2 aromatic rings. The molecule has 1 heterocycles. The number of halogens is 3. The summed E-state index contributed by atoms with van der Waals surface area (Å²) in [6, 6.07) is 11.7. The van der Waals surface area contributed by atoms with E-state index in [-0.39, 0.29) is 16.7 Å². The van der Waals surface area contributed by atoms with Gasteiger partial charge in [0.15, 0.2) is 16.9 Å². The third-order valence-electron chi connectivity index (χ3n) is 8.91. The van der Waals surface area contributed by atoms with Crippen molar-refractivity contribution in [3.8, 4) is 303 Å². The number of hydrogen-bond donors (Lipinski definition) is 1. The molecule has 378 valence electrons. The standard InChI is InChI=1S/C51HN.C23H17F3N4O2S/c1-2-3-4-5-6-7-8-9-10-11-12-13-14-15-16-17-18-19-20-21-22-23-24-25-26-27-28-29-30-31-32-33-34-35-36-37-38-39-40-41-42-43-44-45-46-47-48-49-50-51-52;1-28-18-9-8-16(13-17(18)23(24,25)26)29-20(32)22(11-2-12-22)30(21(29)33)15-6-3-14(4-7-15)5-10-19(27)31/h1H;3-10,13H,2,11-12H2,(H2,27,31)/b;10-5+. The summed E-state index contributed by atoms with van der Waals surface area (Å²) in [4.78, 5) is 30.1. The average molecular weight is 1100 g/mol. The van der Waals surface area contributed by atoms with Crippen LogP contribution in [-0.4, -0.2) is 22.5 Å². The molecule has 1 saturated carbocycles. The van der Waals surface area contributed by atoms with Gasteiger partial charge in [-0.25, -0.2) is 4.85 Å². The SMILES string of the molecule is C#CC#CC#CC#CC#CC#CC#CC#CC#CC#CC#CC#CC#CC#CC#CC#CC#CC#CC#CC#CC#CC#CC#CC#CC#CC#N.[C-]#[N+]c1ccc(N2C(=O)C3(CCC3)N(c3ccc(/C=C/C(N)=O)cc3)C2=S)cc1C(F)(F)F. The molecule has 0 radical (unpaired) electrons. The predicted molar refractivity (Wildman–Crippen MR) is 323 cm³/mol. The average Bonchev–Trinajstić information content (AvgIpc) is 2.51. The van der Waals surface area contributed by atoms with Gasteiger partial charge in [-0.2, -0.15) is 18.4 Å². The fourth-order valence-corrected chi connectivity index (χ4v) is 6.08. The number of nitriles is 1. The van der Waals surface area contributed by atoms with Crippen molar-refractivity contribution in [3.05, 3.63) is 71.1 Å². The van der Waals surface area contributed by atoms with Crippen molar-refractivity contribution in [1.82, 2.24) is 0 Å². The number of terminal acetylenes is 1. The van der Waals surface area contributed by atoms with Gasteiger partial charge in [-0.3, -0.25) is 14.5 Å². The Kier molecular flexibility index (Phi) is 29.5. The number of hydrogen-bond acceptors (Lipinski definition) is 4. The number of carbonyl (C=O) groups is 2. The minimum Gasteiger partial charge on any atom is -0.366 e. The van der Waals surface area contributed by atoms with Crippen LogP contribution < -0.4 is 15.5 Å². The highest BCUT2D eigenvalue weighted by atomic mass is 32.1. The quantitative estimate of drug-likeness (QED) is 0.201. The van der Waals surface area contributed by atoms with Gasteiger partial charge in [-0.05, 0) is 115 Å². The van der Waals surface area contributed by atoms with Gasteiger partial charge in [0, 0.05) is 260 Å². The van der Waals surface area contributed by atoms with Gasteiger partial charge in [-0.15, -0.1) is 6.42 Å². The van der Waals surface area contributed by atoms with E-state index < -0.39 is 28.9 Å². The van der Waals surface area contributed by atoms with Crippen molar-refractivity contribution in [1.29, 1.82) is 5.26 Å². The molecule has 11 heteroatoms. The van der Waals surface area contributed by atoms with E-state index in [1.807, 2.05) is 0 Å². The molecule has 1 saturated heterocycles. The summed E-state index contributed by atoms with van der Waals surface area (Å²) in [5, 5.41) is 8.26. The molecule has 2 amide bonds. The van der Waals surface area contributed by atoms with E-state index in [0.29, 0.717) is 24.1 Å². The molecule has 1 spiro atoms. The van der Waals surface area contributed by atoms with Crippen LogP contribution in [0, 0.1) is 314 Å². The normalized spacial score (nSPS) is 9.18. The van der Waals surface area contributed by atoms with E-state index in [2.05, 4.69) is 295 Å². The summed E-state index contributed by atoms with van der Waals surface area (Å²) < 4.78 is 40.5. The van der Waals surface area contributed by atoms with Crippen LogP contribution in [0.3, 0.4) is 0 Å². The molecule has 0 bridgehead atoms. The lowest BCUT2D eigenvalue weighted by molar-refractivity contribution is -0.137. The number of anilines is 2. The third kappa shape index (κ3) is 25.5. The van der Waals surface area contributed by atoms with Gasteiger partial charge in [-0.1, -0.05) is 18.2 Å². The Morgan fingerprint density at radius 1 is 0.541 bits per heavy atom. The van der Waals surface area contributed by atoms with E-state index >= 15 is 0 Å². The minimum atomic E-state index is -4.75. The second-order valence-corrected chi connectivity index (χ2v) is 14.4. The van der Waals surface area contributed by atoms with E-state index in [1.54, 1.807) is 41.3 Å². The van der Waals surface area contributed by atoms with Crippen LogP contribution in [-0.2, 0) is 15.8 Å². The zero-order valence-corrected chi connectivity index (χ0v) is 43.9. The molecule has 85 heavy (non-hydrogen) atoms. The maximum absolute atomic E-state index is 13.5. The van der Waals surface area contributed by atoms with Crippen LogP contribution in [0.15, 0.2) is 48.5 Å². The lowest BCUT2D eigenvalue weighted by atomic mass is 9.75.